The van der Waals surface area contributed by atoms with E-state index < -0.39 is 0 Å². The third-order valence-corrected chi connectivity index (χ3v) is 7.53. The number of aryl methyl sites for hydroxylation is 1. The van der Waals surface area contributed by atoms with Crippen molar-refractivity contribution in [3.8, 4) is 5.75 Å². The number of rotatable bonds is 3. The first-order chi connectivity index (χ1) is 14.5. The Balaban J connectivity index is 1.43. The number of nitrogens with one attached hydrogen (secondary N) is 1. The van der Waals surface area contributed by atoms with E-state index in [0.717, 1.165) is 36.3 Å². The minimum Gasteiger partial charge on any atom is -0.495 e. The van der Waals surface area contributed by atoms with Crippen molar-refractivity contribution in [3.05, 3.63) is 59.7 Å². The number of methoxy groups -OCH3 is 1. The number of benzene rings is 2. The average molecular weight is 426 g/mol. The van der Waals surface area contributed by atoms with Crippen molar-refractivity contribution >= 4 is 29.4 Å². The number of para-hydroxylation sites is 2. The van der Waals surface area contributed by atoms with Crippen LogP contribution in [-0.2, 0) is 0 Å². The number of urea groups is 1. The molecule has 2 aromatic rings. The molecule has 2 fully saturated rings. The standard InChI is InChI=1S/C23H27N3O3S/c1-17-7-3-4-8-18(17)21(27)26-15-16-30-23(26)11-13-25(14-12-23)22(28)24-19-9-5-6-10-20(19)29-2/h3-10H,11-16H2,1-2H3,(H,24,28). The number of hydrogen-bond acceptors (Lipinski definition) is 4. The largest absolute Gasteiger partial charge is 0.495 e. The lowest BCUT2D eigenvalue weighted by Gasteiger charge is -2.44. The molecule has 30 heavy (non-hydrogen) atoms. The summed E-state index contributed by atoms with van der Waals surface area (Å²) in [6, 6.07) is 15.0. The van der Waals surface area contributed by atoms with Crippen LogP contribution in [0.3, 0.4) is 0 Å². The Morgan fingerprint density at radius 2 is 1.73 bits per heavy atom. The molecule has 0 saturated carbocycles. The minimum absolute atomic E-state index is 0.102. The van der Waals surface area contributed by atoms with Crippen molar-refractivity contribution < 1.29 is 14.3 Å². The first kappa shape index (κ1) is 20.6. The van der Waals surface area contributed by atoms with Crippen LogP contribution >= 0.6 is 11.8 Å². The number of carbonyl (C=O) groups excluding carboxylic acids is 2. The molecule has 2 saturated heterocycles. The summed E-state index contributed by atoms with van der Waals surface area (Å²) >= 11 is 1.85. The van der Waals surface area contributed by atoms with Crippen LogP contribution in [0.5, 0.6) is 5.75 Å². The van der Waals surface area contributed by atoms with Crippen LogP contribution in [0, 0.1) is 6.92 Å². The van der Waals surface area contributed by atoms with Gasteiger partial charge in [-0.3, -0.25) is 4.79 Å². The van der Waals surface area contributed by atoms with Gasteiger partial charge in [-0.05, 0) is 43.5 Å². The van der Waals surface area contributed by atoms with Gasteiger partial charge in [-0.1, -0.05) is 30.3 Å². The van der Waals surface area contributed by atoms with E-state index in [0.29, 0.717) is 24.5 Å². The van der Waals surface area contributed by atoms with Crippen molar-refractivity contribution in [2.45, 2.75) is 24.6 Å². The molecular weight excluding hydrogens is 398 g/mol. The maximum Gasteiger partial charge on any atom is 0.321 e. The Morgan fingerprint density at radius 1 is 1.03 bits per heavy atom. The first-order valence-corrected chi connectivity index (χ1v) is 11.2. The second-order valence-corrected chi connectivity index (χ2v) is 9.14. The molecule has 1 N–H and O–H groups in total. The predicted octanol–water partition coefficient (Wildman–Crippen LogP) is 4.22. The number of carbonyl (C=O) groups is 2. The van der Waals surface area contributed by atoms with Crippen molar-refractivity contribution in [2.24, 2.45) is 0 Å². The smallest absolute Gasteiger partial charge is 0.321 e. The molecule has 0 atom stereocenters. The second-order valence-electron chi connectivity index (χ2n) is 7.68. The highest BCUT2D eigenvalue weighted by Gasteiger charge is 2.47. The molecule has 158 valence electrons. The summed E-state index contributed by atoms with van der Waals surface area (Å²) in [5.74, 6) is 1.68. The van der Waals surface area contributed by atoms with Crippen LogP contribution in [0.2, 0.25) is 0 Å². The van der Waals surface area contributed by atoms with Crippen molar-refractivity contribution in [1.29, 1.82) is 0 Å². The molecular formula is C23H27N3O3S. The molecule has 7 heteroatoms. The van der Waals surface area contributed by atoms with E-state index in [4.69, 9.17) is 4.74 Å². The first-order valence-electron chi connectivity index (χ1n) is 10.2. The SMILES string of the molecule is COc1ccccc1NC(=O)N1CCC2(CC1)SCCN2C(=O)c1ccccc1C. The van der Waals surface area contributed by atoms with Crippen molar-refractivity contribution in [3.63, 3.8) is 0 Å². The topological polar surface area (TPSA) is 61.9 Å². The van der Waals surface area contributed by atoms with Gasteiger partial charge in [0.15, 0.2) is 0 Å². The molecule has 0 aliphatic carbocycles. The number of likely N-dealkylation sites (tertiary alicyclic amines) is 1. The van der Waals surface area contributed by atoms with Gasteiger partial charge < -0.3 is 19.9 Å². The highest BCUT2D eigenvalue weighted by atomic mass is 32.2. The Kier molecular flexibility index (Phi) is 5.90. The molecule has 4 rings (SSSR count). The van der Waals surface area contributed by atoms with Crippen LogP contribution in [0.15, 0.2) is 48.5 Å². The van der Waals surface area contributed by atoms with E-state index in [9.17, 15) is 9.59 Å². The maximum atomic E-state index is 13.3. The Hall–Kier alpha value is -2.67. The number of ether oxygens (including phenoxy) is 1. The summed E-state index contributed by atoms with van der Waals surface area (Å²) in [5, 5.41) is 2.95. The molecule has 2 aromatic carbocycles. The van der Waals surface area contributed by atoms with Gasteiger partial charge in [-0.2, -0.15) is 0 Å². The van der Waals surface area contributed by atoms with Gasteiger partial charge in [0.2, 0.25) is 0 Å². The van der Waals surface area contributed by atoms with E-state index in [1.165, 1.54) is 0 Å². The fraction of sp³-hybridized carbons (Fsp3) is 0.391. The molecule has 0 aromatic heterocycles. The van der Waals surface area contributed by atoms with Crippen LogP contribution < -0.4 is 10.1 Å². The van der Waals surface area contributed by atoms with E-state index in [2.05, 4.69) is 5.32 Å². The molecule has 6 nitrogen and oxygen atoms in total. The van der Waals surface area contributed by atoms with Crippen LogP contribution in [0.25, 0.3) is 0 Å². The van der Waals surface area contributed by atoms with Crippen LogP contribution in [0.1, 0.15) is 28.8 Å². The maximum absolute atomic E-state index is 13.3. The van der Waals surface area contributed by atoms with Crippen LogP contribution in [-0.4, -0.2) is 59.1 Å². The summed E-state index contributed by atoms with van der Waals surface area (Å²) in [4.78, 5) is 29.7. The molecule has 0 bridgehead atoms. The van der Waals surface area contributed by atoms with Gasteiger partial charge in [0.25, 0.3) is 5.91 Å². The fourth-order valence-electron chi connectivity index (χ4n) is 4.27. The normalized spacial score (nSPS) is 17.8. The number of hydrogen-bond donors (Lipinski definition) is 1. The van der Waals surface area contributed by atoms with Gasteiger partial charge >= 0.3 is 6.03 Å². The fourth-order valence-corrected chi connectivity index (χ4v) is 5.72. The quantitative estimate of drug-likeness (QED) is 0.800. The molecule has 0 unspecified atom stereocenters. The van der Waals surface area contributed by atoms with E-state index in [1.807, 2.05) is 77.0 Å². The molecule has 2 heterocycles. The van der Waals surface area contributed by atoms with Gasteiger partial charge in [-0.15, -0.1) is 11.8 Å². The monoisotopic (exact) mass is 425 g/mol. The Labute approximate surface area is 181 Å². The van der Waals surface area contributed by atoms with Gasteiger partial charge in [0.1, 0.15) is 5.75 Å². The highest BCUT2D eigenvalue weighted by molar-refractivity contribution is 8.00. The highest BCUT2D eigenvalue weighted by Crippen LogP contribution is 2.44. The lowest BCUT2D eigenvalue weighted by atomic mass is 10.00. The molecule has 3 amide bonds. The summed E-state index contributed by atoms with van der Waals surface area (Å²) in [6.07, 6.45) is 1.54. The third-order valence-electron chi connectivity index (χ3n) is 5.98. The predicted molar refractivity (Wildman–Crippen MR) is 120 cm³/mol. The third kappa shape index (κ3) is 3.86. The van der Waals surface area contributed by atoms with Crippen molar-refractivity contribution in [1.82, 2.24) is 9.80 Å². The van der Waals surface area contributed by atoms with E-state index in [-0.39, 0.29) is 16.8 Å². The number of anilines is 1. The summed E-state index contributed by atoms with van der Waals surface area (Å²) in [6.45, 7) is 3.97. The molecule has 2 aliphatic heterocycles. The second kappa shape index (κ2) is 8.60. The van der Waals surface area contributed by atoms with Gasteiger partial charge in [-0.25, -0.2) is 4.79 Å². The zero-order valence-corrected chi connectivity index (χ0v) is 18.2. The minimum atomic E-state index is -0.222. The van der Waals surface area contributed by atoms with Gasteiger partial charge in [0, 0.05) is 31.0 Å². The Bertz CT molecular complexity index is 941. The van der Waals surface area contributed by atoms with Crippen molar-refractivity contribution in [2.75, 3.05) is 37.8 Å². The lowest BCUT2D eigenvalue weighted by molar-refractivity contribution is 0.0585. The summed E-state index contributed by atoms with van der Waals surface area (Å²) in [5.41, 5.74) is 2.44. The number of amides is 3. The number of thioether (sulfide) groups is 1. The van der Waals surface area contributed by atoms with Gasteiger partial charge in [0.05, 0.1) is 17.7 Å². The lowest BCUT2D eigenvalue weighted by Crippen LogP contribution is -2.54. The zero-order chi connectivity index (χ0) is 21.1. The van der Waals surface area contributed by atoms with E-state index >= 15 is 0 Å². The molecule has 1 spiro atoms. The Morgan fingerprint density at radius 3 is 2.47 bits per heavy atom. The average Bonchev–Trinajstić information content (AvgIpc) is 3.17. The zero-order valence-electron chi connectivity index (χ0n) is 17.4. The summed E-state index contributed by atoms with van der Waals surface area (Å²) < 4.78 is 5.32. The molecule has 0 radical (unpaired) electrons. The number of piperidine rings is 1. The van der Waals surface area contributed by atoms with Crippen LogP contribution in [0.4, 0.5) is 10.5 Å². The number of nitrogens with zero attached hydrogens (tertiary/aromatic N) is 2. The van der Waals surface area contributed by atoms with E-state index in [1.54, 1.807) is 7.11 Å². The molecule has 2 aliphatic rings. The summed E-state index contributed by atoms with van der Waals surface area (Å²) in [7, 11) is 1.59.